The van der Waals surface area contributed by atoms with Crippen LogP contribution < -0.4 is 14.8 Å². The maximum Gasteiger partial charge on any atom is 0.255 e. The molecule has 0 aliphatic carbocycles. The van der Waals surface area contributed by atoms with Crippen LogP contribution in [0.2, 0.25) is 10.0 Å². The number of nitrogens with one attached hydrogen (secondary N) is 1. The lowest BCUT2D eigenvalue weighted by atomic mass is 10.1. The Morgan fingerprint density at radius 2 is 1.83 bits per heavy atom. The summed E-state index contributed by atoms with van der Waals surface area (Å²) >= 11 is 11.8. The lowest BCUT2D eigenvalue weighted by Crippen LogP contribution is -2.28. The molecule has 5 nitrogen and oxygen atoms in total. The van der Waals surface area contributed by atoms with E-state index < -0.39 is 12.0 Å². The zero-order valence-electron chi connectivity index (χ0n) is 13.2. The summed E-state index contributed by atoms with van der Waals surface area (Å²) < 4.78 is 10.4. The lowest BCUT2D eigenvalue weighted by molar-refractivity contribution is 0.0912. The number of amides is 1. The highest BCUT2D eigenvalue weighted by atomic mass is 35.5. The molecule has 0 aliphatic rings. The molecule has 1 amide bonds. The number of carbonyl (C=O) groups excluding carboxylic acids is 1. The van der Waals surface area contributed by atoms with Gasteiger partial charge in [-0.05, 0) is 35.9 Å². The number of aliphatic hydroxyl groups is 1. The van der Waals surface area contributed by atoms with Crippen molar-refractivity contribution < 1.29 is 19.4 Å². The lowest BCUT2D eigenvalue weighted by Gasteiger charge is -2.15. The van der Waals surface area contributed by atoms with Crippen LogP contribution in [0.15, 0.2) is 36.4 Å². The van der Waals surface area contributed by atoms with Gasteiger partial charge in [0.25, 0.3) is 5.91 Å². The van der Waals surface area contributed by atoms with Crippen molar-refractivity contribution in [3.63, 3.8) is 0 Å². The fourth-order valence-corrected chi connectivity index (χ4v) is 2.78. The van der Waals surface area contributed by atoms with E-state index in [4.69, 9.17) is 32.7 Å². The number of para-hydroxylation sites is 1. The number of halogens is 2. The van der Waals surface area contributed by atoms with Gasteiger partial charge in [0.05, 0.1) is 25.9 Å². The topological polar surface area (TPSA) is 67.8 Å². The van der Waals surface area contributed by atoms with Crippen molar-refractivity contribution in [3.05, 3.63) is 57.6 Å². The molecule has 0 heterocycles. The van der Waals surface area contributed by atoms with Gasteiger partial charge in [-0.2, -0.15) is 0 Å². The third kappa shape index (κ3) is 4.32. The summed E-state index contributed by atoms with van der Waals surface area (Å²) in [4.78, 5) is 12.4. The summed E-state index contributed by atoms with van der Waals surface area (Å²) in [5.41, 5.74) is 0.832. The van der Waals surface area contributed by atoms with Crippen molar-refractivity contribution in [3.8, 4) is 11.5 Å². The van der Waals surface area contributed by atoms with E-state index >= 15 is 0 Å². The molecule has 24 heavy (non-hydrogen) atoms. The van der Waals surface area contributed by atoms with Crippen LogP contribution in [-0.4, -0.2) is 31.8 Å². The van der Waals surface area contributed by atoms with E-state index in [2.05, 4.69) is 5.32 Å². The van der Waals surface area contributed by atoms with E-state index in [-0.39, 0.29) is 6.54 Å². The fourth-order valence-electron chi connectivity index (χ4n) is 2.24. The Morgan fingerprint density at radius 3 is 2.42 bits per heavy atom. The summed E-state index contributed by atoms with van der Waals surface area (Å²) in [6.45, 7) is -0.00410. The molecule has 0 bridgehead atoms. The SMILES string of the molecule is COc1cccc(C(=O)NCC(O)c2cc(Cl)cc(Cl)c2)c1OC. The zero-order chi connectivity index (χ0) is 17.7. The van der Waals surface area contributed by atoms with Gasteiger partial charge in [0.2, 0.25) is 0 Å². The molecule has 2 aromatic carbocycles. The van der Waals surface area contributed by atoms with Crippen LogP contribution in [0.3, 0.4) is 0 Å². The monoisotopic (exact) mass is 369 g/mol. The summed E-state index contributed by atoms with van der Waals surface area (Å²) in [6, 6.07) is 9.74. The van der Waals surface area contributed by atoms with Gasteiger partial charge in [-0.25, -0.2) is 0 Å². The molecular weight excluding hydrogens is 353 g/mol. The molecule has 0 saturated carbocycles. The molecule has 7 heteroatoms. The highest BCUT2D eigenvalue weighted by Gasteiger charge is 2.18. The number of ether oxygens (including phenoxy) is 2. The standard InChI is InChI=1S/C17H17Cl2NO4/c1-23-15-5-3-4-13(16(15)24-2)17(22)20-9-14(21)10-6-11(18)8-12(19)7-10/h3-8,14,21H,9H2,1-2H3,(H,20,22). The van der Waals surface area contributed by atoms with Crippen LogP contribution in [0.4, 0.5) is 0 Å². The van der Waals surface area contributed by atoms with Gasteiger partial charge in [0.1, 0.15) is 0 Å². The third-order valence-electron chi connectivity index (χ3n) is 3.37. The van der Waals surface area contributed by atoms with E-state index in [1.54, 1.807) is 36.4 Å². The van der Waals surface area contributed by atoms with E-state index in [0.29, 0.717) is 32.7 Å². The first-order valence-electron chi connectivity index (χ1n) is 7.09. The molecule has 2 N–H and O–H groups in total. The van der Waals surface area contributed by atoms with E-state index in [1.165, 1.54) is 14.2 Å². The maximum atomic E-state index is 12.4. The average molecular weight is 370 g/mol. The Hall–Kier alpha value is -1.95. The number of rotatable bonds is 6. The minimum Gasteiger partial charge on any atom is -0.493 e. The van der Waals surface area contributed by atoms with Crippen LogP contribution in [0, 0.1) is 0 Å². The smallest absolute Gasteiger partial charge is 0.255 e. The molecule has 0 fully saturated rings. The molecule has 0 radical (unpaired) electrons. The third-order valence-corrected chi connectivity index (χ3v) is 3.81. The number of aliphatic hydroxyl groups excluding tert-OH is 1. The summed E-state index contributed by atoms with van der Waals surface area (Å²) in [5, 5.41) is 13.7. The van der Waals surface area contributed by atoms with E-state index in [0.717, 1.165) is 0 Å². The zero-order valence-corrected chi connectivity index (χ0v) is 14.7. The molecule has 1 atom stereocenters. The van der Waals surface area contributed by atoms with E-state index in [1.807, 2.05) is 0 Å². The van der Waals surface area contributed by atoms with Crippen molar-refractivity contribution in [2.24, 2.45) is 0 Å². The van der Waals surface area contributed by atoms with Crippen LogP contribution in [0.5, 0.6) is 11.5 Å². The van der Waals surface area contributed by atoms with Crippen LogP contribution >= 0.6 is 23.2 Å². The van der Waals surface area contributed by atoms with E-state index in [9.17, 15) is 9.90 Å². The van der Waals surface area contributed by atoms with Crippen molar-refractivity contribution in [2.45, 2.75) is 6.10 Å². The summed E-state index contributed by atoms with van der Waals surface area (Å²) in [7, 11) is 2.95. The number of hydrogen-bond acceptors (Lipinski definition) is 4. The number of methoxy groups -OCH3 is 2. The molecule has 2 rings (SSSR count). The fraction of sp³-hybridized carbons (Fsp3) is 0.235. The molecule has 0 saturated heterocycles. The molecule has 0 aromatic heterocycles. The number of carbonyl (C=O) groups is 1. The van der Waals surface area contributed by atoms with Gasteiger partial charge >= 0.3 is 0 Å². The van der Waals surface area contributed by atoms with Crippen LogP contribution in [0.1, 0.15) is 22.0 Å². The predicted octanol–water partition coefficient (Wildman–Crippen LogP) is 3.47. The first-order valence-corrected chi connectivity index (χ1v) is 7.85. The van der Waals surface area contributed by atoms with Gasteiger partial charge < -0.3 is 19.9 Å². The Kier molecular flexibility index (Phi) is 6.31. The second-order valence-corrected chi connectivity index (χ2v) is 5.84. The summed E-state index contributed by atoms with van der Waals surface area (Å²) in [5.74, 6) is 0.392. The normalized spacial score (nSPS) is 11.7. The minimum atomic E-state index is -0.943. The Labute approximate surface area is 150 Å². The molecule has 2 aromatic rings. The molecule has 0 aliphatic heterocycles. The molecule has 0 spiro atoms. The second kappa shape index (κ2) is 8.24. The minimum absolute atomic E-state index is 0.00410. The Balaban J connectivity index is 2.10. The molecule has 128 valence electrons. The summed E-state index contributed by atoms with van der Waals surface area (Å²) in [6.07, 6.45) is -0.943. The number of hydrogen-bond donors (Lipinski definition) is 2. The number of benzene rings is 2. The maximum absolute atomic E-state index is 12.4. The Bertz CT molecular complexity index is 716. The van der Waals surface area contributed by atoms with Gasteiger partial charge in [0, 0.05) is 16.6 Å². The predicted molar refractivity (Wildman–Crippen MR) is 93.3 cm³/mol. The first-order chi connectivity index (χ1) is 11.5. The first kappa shape index (κ1) is 18.4. The van der Waals surface area contributed by atoms with Gasteiger partial charge in [-0.15, -0.1) is 0 Å². The second-order valence-electron chi connectivity index (χ2n) is 4.97. The van der Waals surface area contributed by atoms with Crippen molar-refractivity contribution in [1.29, 1.82) is 0 Å². The largest absolute Gasteiger partial charge is 0.493 e. The average Bonchev–Trinajstić information content (AvgIpc) is 2.57. The highest BCUT2D eigenvalue weighted by molar-refractivity contribution is 6.34. The van der Waals surface area contributed by atoms with Crippen molar-refractivity contribution in [1.82, 2.24) is 5.32 Å². The van der Waals surface area contributed by atoms with Gasteiger partial charge in [0.15, 0.2) is 11.5 Å². The molecular formula is C17H17Cl2NO4. The molecule has 1 unspecified atom stereocenters. The highest BCUT2D eigenvalue weighted by Crippen LogP contribution is 2.30. The van der Waals surface area contributed by atoms with Crippen LogP contribution in [0.25, 0.3) is 0 Å². The van der Waals surface area contributed by atoms with Gasteiger partial charge in [-0.3, -0.25) is 4.79 Å². The quantitative estimate of drug-likeness (QED) is 0.817. The van der Waals surface area contributed by atoms with Crippen molar-refractivity contribution >= 4 is 29.1 Å². The van der Waals surface area contributed by atoms with Crippen LogP contribution in [-0.2, 0) is 0 Å². The van der Waals surface area contributed by atoms with Crippen molar-refractivity contribution in [2.75, 3.05) is 20.8 Å². The Morgan fingerprint density at radius 1 is 1.17 bits per heavy atom. The van der Waals surface area contributed by atoms with Gasteiger partial charge in [-0.1, -0.05) is 29.3 Å².